The highest BCUT2D eigenvalue weighted by Crippen LogP contribution is 2.35. The molecule has 0 saturated carbocycles. The Morgan fingerprint density at radius 1 is 1.20 bits per heavy atom. The molecule has 0 fully saturated rings. The first-order valence-corrected chi connectivity index (χ1v) is 10.8. The molecule has 0 aliphatic carbocycles. The van der Waals surface area contributed by atoms with Gasteiger partial charge in [0.05, 0.1) is 20.8 Å². The molecular weight excluding hydrogens is 443 g/mol. The summed E-state index contributed by atoms with van der Waals surface area (Å²) in [6.07, 6.45) is 1.90. The molecule has 0 saturated heterocycles. The van der Waals surface area contributed by atoms with Gasteiger partial charge < -0.3 is 31.6 Å². The van der Waals surface area contributed by atoms with Crippen LogP contribution >= 0.6 is 23.5 Å². The summed E-state index contributed by atoms with van der Waals surface area (Å²) in [4.78, 5) is 15.7. The molecule has 2 rings (SSSR count). The molecule has 1 aromatic carbocycles. The van der Waals surface area contributed by atoms with Gasteiger partial charge in [0.15, 0.2) is 6.54 Å². The number of benzene rings is 1. The predicted octanol–water partition coefficient (Wildman–Crippen LogP) is 4.30. The lowest BCUT2D eigenvalue weighted by molar-refractivity contribution is -0.437. The van der Waals surface area contributed by atoms with Crippen LogP contribution in [-0.4, -0.2) is 74.2 Å². The summed E-state index contributed by atoms with van der Waals surface area (Å²) in [5, 5.41) is 0. The first-order chi connectivity index (χ1) is 14.0. The van der Waals surface area contributed by atoms with E-state index in [1.165, 1.54) is 11.8 Å². The smallest absolute Gasteiger partial charge is 0.497 e. The molecule has 0 radical (unpaired) electrons. The second-order valence-corrected chi connectivity index (χ2v) is 8.71. The van der Waals surface area contributed by atoms with Gasteiger partial charge in [-0.05, 0) is 55.8 Å². The molecule has 0 bridgehead atoms. The standard InChI is InChI=1S/C18H25N2O3S2.BF4/c1-6-24-18-20(10-9-19(2)3)17(21)16(25-18)11-13-7-8-14(22-4)12-15(13)23-5;2-1(3,4)5/h7-8,11-12H,6,9-10H2,1-5H3;/q+1;-1/b16-11-;. The summed E-state index contributed by atoms with van der Waals surface area (Å²) in [5.41, 5.74) is 0.870. The van der Waals surface area contributed by atoms with E-state index in [-0.39, 0.29) is 5.91 Å². The Morgan fingerprint density at radius 2 is 1.83 bits per heavy atom. The van der Waals surface area contributed by atoms with Gasteiger partial charge in [0.2, 0.25) is 0 Å². The second-order valence-electron chi connectivity index (χ2n) is 6.17. The van der Waals surface area contributed by atoms with Crippen LogP contribution in [0.4, 0.5) is 17.3 Å². The van der Waals surface area contributed by atoms with E-state index in [2.05, 4.69) is 11.8 Å². The lowest BCUT2D eigenvalue weighted by Gasteiger charge is -2.07. The van der Waals surface area contributed by atoms with Crippen molar-refractivity contribution in [2.24, 2.45) is 0 Å². The van der Waals surface area contributed by atoms with E-state index >= 15 is 0 Å². The zero-order valence-electron chi connectivity index (χ0n) is 17.5. The zero-order chi connectivity index (χ0) is 22.9. The fourth-order valence-corrected chi connectivity index (χ4v) is 4.59. The van der Waals surface area contributed by atoms with Crippen molar-refractivity contribution in [1.29, 1.82) is 0 Å². The summed E-state index contributed by atoms with van der Waals surface area (Å²) in [7, 11) is 1.27. The summed E-state index contributed by atoms with van der Waals surface area (Å²) in [6, 6.07) is 5.60. The molecule has 12 heteroatoms. The SMILES string of the molecule is CCSC1=[N+](CCN(C)C)C(=O)/C(=C/c2ccc(OC)cc2OC)S1.F[B-](F)(F)F. The van der Waals surface area contributed by atoms with Gasteiger partial charge in [-0.15, -0.1) is 4.58 Å². The van der Waals surface area contributed by atoms with Gasteiger partial charge in [-0.1, -0.05) is 6.92 Å². The van der Waals surface area contributed by atoms with Crippen LogP contribution in [0.15, 0.2) is 23.1 Å². The van der Waals surface area contributed by atoms with Crippen LogP contribution in [0.2, 0.25) is 0 Å². The first-order valence-electron chi connectivity index (χ1n) is 8.95. The Labute approximate surface area is 182 Å². The molecule has 0 aromatic heterocycles. The topological polar surface area (TPSA) is 41.8 Å². The van der Waals surface area contributed by atoms with Crippen LogP contribution in [0.5, 0.6) is 11.5 Å². The van der Waals surface area contributed by atoms with E-state index in [0.717, 1.165) is 32.9 Å². The average molecular weight is 468 g/mol. The average Bonchev–Trinajstić information content (AvgIpc) is 2.94. The highest BCUT2D eigenvalue weighted by atomic mass is 32.2. The van der Waals surface area contributed by atoms with Crippen molar-refractivity contribution in [1.82, 2.24) is 4.90 Å². The molecular formula is C18H25BF4N2O3S2. The van der Waals surface area contributed by atoms with Gasteiger partial charge >= 0.3 is 13.2 Å². The number of ether oxygens (including phenoxy) is 2. The van der Waals surface area contributed by atoms with Gasteiger partial charge in [-0.3, -0.25) is 0 Å². The first kappa shape index (κ1) is 26.4. The molecule has 0 spiro atoms. The highest BCUT2D eigenvalue weighted by Gasteiger charge is 2.38. The zero-order valence-corrected chi connectivity index (χ0v) is 19.1. The van der Waals surface area contributed by atoms with Gasteiger partial charge in [-0.2, -0.15) is 0 Å². The third-order valence-electron chi connectivity index (χ3n) is 3.64. The Kier molecular flexibility index (Phi) is 10.8. The number of methoxy groups -OCH3 is 2. The van der Waals surface area contributed by atoms with Crippen molar-refractivity contribution < 1.29 is 36.1 Å². The summed E-state index contributed by atoms with van der Waals surface area (Å²) >= 11 is 3.25. The van der Waals surface area contributed by atoms with E-state index < -0.39 is 7.25 Å². The number of hydrogen-bond donors (Lipinski definition) is 0. The van der Waals surface area contributed by atoms with Crippen LogP contribution in [0.3, 0.4) is 0 Å². The number of nitrogens with zero attached hydrogens (tertiary/aromatic N) is 2. The number of hydrogen-bond acceptors (Lipinski definition) is 6. The molecule has 168 valence electrons. The Morgan fingerprint density at radius 3 is 2.33 bits per heavy atom. The van der Waals surface area contributed by atoms with E-state index in [4.69, 9.17) is 9.47 Å². The summed E-state index contributed by atoms with van der Waals surface area (Å²) in [5.74, 6) is 2.41. The summed E-state index contributed by atoms with van der Waals surface area (Å²) < 4.78 is 52.6. The molecule has 5 nitrogen and oxygen atoms in total. The van der Waals surface area contributed by atoms with Crippen molar-refractivity contribution in [2.75, 3.05) is 47.2 Å². The Hall–Kier alpha value is -1.66. The largest absolute Gasteiger partial charge is 0.673 e. The predicted molar refractivity (Wildman–Crippen MR) is 117 cm³/mol. The lowest BCUT2D eigenvalue weighted by Crippen LogP contribution is -2.28. The van der Waals surface area contributed by atoms with Crippen molar-refractivity contribution in [2.45, 2.75) is 6.92 Å². The van der Waals surface area contributed by atoms with Crippen molar-refractivity contribution in [3.63, 3.8) is 0 Å². The number of amides is 1. The minimum atomic E-state index is -6.00. The van der Waals surface area contributed by atoms with Crippen LogP contribution < -0.4 is 9.47 Å². The van der Waals surface area contributed by atoms with Crippen molar-refractivity contribution in [3.05, 3.63) is 28.7 Å². The number of likely N-dealkylation sites (N-methyl/N-ethyl adjacent to an activating group) is 1. The molecule has 30 heavy (non-hydrogen) atoms. The van der Waals surface area contributed by atoms with Crippen LogP contribution in [0.25, 0.3) is 6.08 Å². The van der Waals surface area contributed by atoms with Gasteiger partial charge in [0.25, 0.3) is 4.38 Å². The second kappa shape index (κ2) is 12.3. The van der Waals surface area contributed by atoms with E-state index in [1.54, 1.807) is 26.0 Å². The summed E-state index contributed by atoms with van der Waals surface area (Å²) in [6.45, 7) is 3.62. The molecule has 1 amide bonds. The monoisotopic (exact) mass is 468 g/mol. The van der Waals surface area contributed by atoms with E-state index in [9.17, 15) is 22.1 Å². The normalized spacial score (nSPS) is 15.5. The van der Waals surface area contributed by atoms with Gasteiger partial charge in [0, 0.05) is 17.4 Å². The number of rotatable bonds is 7. The fraction of sp³-hybridized carbons (Fsp3) is 0.444. The molecule has 1 heterocycles. The number of carbonyl (C=O) groups is 1. The Bertz CT molecular complexity index is 796. The third-order valence-corrected chi connectivity index (χ3v) is 5.91. The van der Waals surface area contributed by atoms with Crippen LogP contribution in [0.1, 0.15) is 12.5 Å². The van der Waals surface area contributed by atoms with Crippen molar-refractivity contribution >= 4 is 47.1 Å². The third kappa shape index (κ3) is 9.01. The van der Waals surface area contributed by atoms with Crippen LogP contribution in [-0.2, 0) is 4.79 Å². The lowest BCUT2D eigenvalue weighted by atomic mass is 10.1. The molecule has 1 aliphatic rings. The minimum absolute atomic E-state index is 0.0562. The molecule has 1 aliphatic heterocycles. The number of halogens is 4. The van der Waals surface area contributed by atoms with Gasteiger partial charge in [-0.25, -0.2) is 4.79 Å². The fourth-order valence-electron chi connectivity index (χ4n) is 2.30. The maximum atomic E-state index is 12.8. The molecule has 0 unspecified atom stereocenters. The maximum Gasteiger partial charge on any atom is 0.673 e. The molecule has 1 aromatic rings. The Balaban J connectivity index is 0.000000804. The van der Waals surface area contributed by atoms with Crippen molar-refractivity contribution in [3.8, 4) is 11.5 Å². The van der Waals surface area contributed by atoms with Gasteiger partial charge in [0.1, 0.15) is 16.4 Å². The quantitative estimate of drug-likeness (QED) is 0.257. The molecule has 0 N–H and O–H groups in total. The van der Waals surface area contributed by atoms with E-state index in [1.807, 2.05) is 42.9 Å². The highest BCUT2D eigenvalue weighted by molar-refractivity contribution is 8.40. The maximum absolute atomic E-state index is 12.8. The number of thioether (sulfide) groups is 2. The minimum Gasteiger partial charge on any atom is -0.497 e. The molecule has 0 atom stereocenters. The number of carbonyl (C=O) groups excluding carboxylic acids is 1. The van der Waals surface area contributed by atoms with E-state index in [0.29, 0.717) is 12.3 Å². The van der Waals surface area contributed by atoms with Crippen LogP contribution in [0, 0.1) is 0 Å².